The number of benzene rings is 2. The fraction of sp³-hybridized carbons (Fsp3) is 0.0714. The maximum atomic E-state index is 5.99. The van der Waals surface area contributed by atoms with Crippen LogP contribution in [0.25, 0.3) is 0 Å². The van der Waals surface area contributed by atoms with Crippen LogP contribution in [0.5, 0.6) is 5.75 Å². The van der Waals surface area contributed by atoms with Crippen molar-refractivity contribution < 1.29 is 4.74 Å². The van der Waals surface area contributed by atoms with Crippen LogP contribution in [0.4, 0.5) is 11.4 Å². The summed E-state index contributed by atoms with van der Waals surface area (Å²) in [4.78, 5) is 0. The minimum Gasteiger partial charge on any atom is -0.495 e. The first kappa shape index (κ1) is 16.5. The Morgan fingerprint density at radius 3 is 2.48 bits per heavy atom. The Morgan fingerprint density at radius 1 is 1.10 bits per heavy atom. The van der Waals surface area contributed by atoms with Gasteiger partial charge in [0.25, 0.3) is 0 Å². The maximum absolute atomic E-state index is 5.99. The van der Waals surface area contributed by atoms with Gasteiger partial charge in [0, 0.05) is 14.0 Å². The van der Waals surface area contributed by atoms with Gasteiger partial charge in [-0.3, -0.25) is 0 Å². The van der Waals surface area contributed by atoms with Gasteiger partial charge in [-0.05, 0) is 64.5 Å². The van der Waals surface area contributed by atoms with Crippen molar-refractivity contribution >= 4 is 72.2 Å². The third kappa shape index (κ3) is 4.57. The molecule has 0 atom stereocenters. The summed E-state index contributed by atoms with van der Waals surface area (Å²) in [6.45, 7) is 0. The highest BCUT2D eigenvalue weighted by Gasteiger charge is 2.07. The van der Waals surface area contributed by atoms with Crippen LogP contribution in [-0.2, 0) is 0 Å². The van der Waals surface area contributed by atoms with Crippen LogP contribution in [0.3, 0.4) is 0 Å². The molecule has 0 unspecified atom stereocenters. The van der Waals surface area contributed by atoms with Gasteiger partial charge in [0.15, 0.2) is 5.11 Å². The molecule has 0 aliphatic rings. The summed E-state index contributed by atoms with van der Waals surface area (Å²) in [5, 5.41) is 7.23. The maximum Gasteiger partial charge on any atom is 0.175 e. The molecular weight excluding hydrogens is 439 g/mol. The van der Waals surface area contributed by atoms with E-state index in [9.17, 15) is 0 Å². The van der Waals surface area contributed by atoms with E-state index in [0.29, 0.717) is 21.6 Å². The highest BCUT2D eigenvalue weighted by atomic mass is 79.9. The Morgan fingerprint density at radius 2 is 1.81 bits per heavy atom. The van der Waals surface area contributed by atoms with Crippen molar-refractivity contribution in [1.29, 1.82) is 0 Å². The smallest absolute Gasteiger partial charge is 0.175 e. The largest absolute Gasteiger partial charge is 0.495 e. The van der Waals surface area contributed by atoms with E-state index in [0.717, 1.165) is 14.6 Å². The Kier molecular flexibility index (Phi) is 5.87. The lowest BCUT2D eigenvalue weighted by Crippen LogP contribution is -2.19. The third-order valence-corrected chi connectivity index (χ3v) is 4.18. The van der Waals surface area contributed by atoms with Crippen molar-refractivity contribution in [2.24, 2.45) is 0 Å². The van der Waals surface area contributed by atoms with Crippen molar-refractivity contribution in [2.45, 2.75) is 0 Å². The Hall–Kier alpha value is -0.820. The van der Waals surface area contributed by atoms with Crippen molar-refractivity contribution in [3.05, 3.63) is 50.4 Å². The van der Waals surface area contributed by atoms with Gasteiger partial charge < -0.3 is 15.4 Å². The molecule has 0 saturated heterocycles. The Labute approximate surface area is 150 Å². The molecular formula is C14H11Br2ClN2OS. The molecule has 2 aromatic rings. The zero-order valence-corrected chi connectivity index (χ0v) is 15.7. The number of anilines is 2. The van der Waals surface area contributed by atoms with Crippen molar-refractivity contribution in [3.63, 3.8) is 0 Å². The molecule has 0 aliphatic carbocycles. The van der Waals surface area contributed by atoms with E-state index in [2.05, 4.69) is 42.5 Å². The molecule has 0 aliphatic heterocycles. The van der Waals surface area contributed by atoms with E-state index in [1.807, 2.05) is 18.2 Å². The first-order chi connectivity index (χ1) is 9.99. The molecule has 110 valence electrons. The van der Waals surface area contributed by atoms with Gasteiger partial charge >= 0.3 is 0 Å². The fourth-order valence-electron chi connectivity index (χ4n) is 1.64. The minimum absolute atomic E-state index is 0.443. The molecule has 2 rings (SSSR count). The zero-order valence-electron chi connectivity index (χ0n) is 10.9. The molecule has 0 spiro atoms. The summed E-state index contributed by atoms with van der Waals surface area (Å²) < 4.78 is 7.15. The fourth-order valence-corrected chi connectivity index (χ4v) is 3.18. The molecule has 0 fully saturated rings. The minimum atomic E-state index is 0.443. The number of rotatable bonds is 3. The Balaban J connectivity index is 2.13. The summed E-state index contributed by atoms with van der Waals surface area (Å²) in [5.41, 5.74) is 1.56. The standard InChI is InChI=1S/C14H11Br2ClN2OS/c1-20-13-5-3-9(17)7-12(13)19-14(21)18-11-4-2-8(15)6-10(11)16/h2-7H,1H3,(H2,18,19,21). The van der Waals surface area contributed by atoms with E-state index in [4.69, 9.17) is 28.6 Å². The van der Waals surface area contributed by atoms with Crippen LogP contribution in [0.15, 0.2) is 45.3 Å². The summed E-state index contributed by atoms with van der Waals surface area (Å²) in [7, 11) is 1.59. The summed E-state index contributed by atoms with van der Waals surface area (Å²) >= 11 is 18.2. The molecule has 0 heterocycles. The highest BCUT2D eigenvalue weighted by Crippen LogP contribution is 2.29. The normalized spacial score (nSPS) is 10.1. The predicted octanol–water partition coefficient (Wildman–Crippen LogP) is 5.68. The molecule has 2 aromatic carbocycles. The second-order valence-corrected chi connectivity index (χ2v) is 6.66. The van der Waals surface area contributed by atoms with Crippen molar-refractivity contribution in [2.75, 3.05) is 17.7 Å². The molecule has 7 heteroatoms. The summed E-state index contributed by atoms with van der Waals surface area (Å²) in [6, 6.07) is 11.1. The van der Waals surface area contributed by atoms with Gasteiger partial charge in [0.1, 0.15) is 5.75 Å². The van der Waals surface area contributed by atoms with Gasteiger partial charge in [0.2, 0.25) is 0 Å². The molecule has 0 amide bonds. The van der Waals surface area contributed by atoms with Crippen LogP contribution in [0.1, 0.15) is 0 Å². The van der Waals surface area contributed by atoms with Crippen LogP contribution < -0.4 is 15.4 Å². The monoisotopic (exact) mass is 448 g/mol. The van der Waals surface area contributed by atoms with Crippen LogP contribution in [-0.4, -0.2) is 12.2 Å². The number of thiocarbonyl (C=S) groups is 1. The van der Waals surface area contributed by atoms with Gasteiger partial charge in [0.05, 0.1) is 18.5 Å². The van der Waals surface area contributed by atoms with E-state index >= 15 is 0 Å². The number of nitrogens with one attached hydrogen (secondary N) is 2. The second kappa shape index (κ2) is 7.45. The van der Waals surface area contributed by atoms with Gasteiger partial charge in [-0.2, -0.15) is 0 Å². The lowest BCUT2D eigenvalue weighted by Gasteiger charge is -2.14. The first-order valence-electron chi connectivity index (χ1n) is 5.86. The van der Waals surface area contributed by atoms with E-state index in [-0.39, 0.29) is 0 Å². The zero-order chi connectivity index (χ0) is 15.4. The molecule has 0 radical (unpaired) electrons. The van der Waals surface area contributed by atoms with Crippen LogP contribution in [0, 0.1) is 0 Å². The average molecular weight is 451 g/mol. The number of hydrogen-bond donors (Lipinski definition) is 2. The lowest BCUT2D eigenvalue weighted by atomic mass is 10.3. The summed E-state index contributed by atoms with van der Waals surface area (Å²) in [6.07, 6.45) is 0. The number of ether oxygens (including phenoxy) is 1. The number of halogens is 3. The highest BCUT2D eigenvalue weighted by molar-refractivity contribution is 9.11. The molecule has 3 nitrogen and oxygen atoms in total. The van der Waals surface area contributed by atoms with E-state index in [1.54, 1.807) is 25.3 Å². The van der Waals surface area contributed by atoms with Gasteiger partial charge in [-0.1, -0.05) is 27.5 Å². The molecule has 2 N–H and O–H groups in total. The second-order valence-electron chi connectivity index (χ2n) is 4.05. The predicted molar refractivity (Wildman–Crippen MR) is 99.7 cm³/mol. The quantitative estimate of drug-likeness (QED) is 0.589. The summed E-state index contributed by atoms with van der Waals surface area (Å²) in [5.74, 6) is 0.665. The lowest BCUT2D eigenvalue weighted by molar-refractivity contribution is 0.417. The third-order valence-electron chi connectivity index (χ3n) is 2.59. The molecule has 0 saturated carbocycles. The first-order valence-corrected chi connectivity index (χ1v) is 8.23. The molecule has 21 heavy (non-hydrogen) atoms. The van der Waals surface area contributed by atoms with E-state index < -0.39 is 0 Å². The SMILES string of the molecule is COc1ccc(Cl)cc1NC(=S)Nc1ccc(Br)cc1Br. The number of hydrogen-bond acceptors (Lipinski definition) is 2. The molecule has 0 bridgehead atoms. The Bertz CT molecular complexity index is 682. The average Bonchev–Trinajstić information content (AvgIpc) is 2.42. The van der Waals surface area contributed by atoms with Crippen molar-refractivity contribution in [1.82, 2.24) is 0 Å². The van der Waals surface area contributed by atoms with Gasteiger partial charge in [-0.15, -0.1) is 0 Å². The number of methoxy groups -OCH3 is 1. The van der Waals surface area contributed by atoms with Gasteiger partial charge in [-0.25, -0.2) is 0 Å². The van der Waals surface area contributed by atoms with Crippen LogP contribution >= 0.6 is 55.7 Å². The van der Waals surface area contributed by atoms with E-state index in [1.165, 1.54) is 0 Å². The topological polar surface area (TPSA) is 33.3 Å². The van der Waals surface area contributed by atoms with Crippen molar-refractivity contribution in [3.8, 4) is 5.75 Å². The van der Waals surface area contributed by atoms with Crippen LogP contribution in [0.2, 0.25) is 5.02 Å². The molecule has 0 aromatic heterocycles.